The van der Waals surface area contributed by atoms with Gasteiger partial charge in [0.15, 0.2) is 0 Å². The number of alkyl halides is 1. The van der Waals surface area contributed by atoms with Gasteiger partial charge in [-0.25, -0.2) is 0 Å². The highest BCUT2D eigenvalue weighted by Crippen LogP contribution is 2.23. The summed E-state index contributed by atoms with van der Waals surface area (Å²) in [4.78, 5) is 13.4. The van der Waals surface area contributed by atoms with Crippen LogP contribution in [0.5, 0.6) is 11.5 Å². The average Bonchev–Trinajstić information content (AvgIpc) is 2.28. The lowest BCUT2D eigenvalue weighted by atomic mass is 10.1. The lowest BCUT2D eigenvalue weighted by molar-refractivity contribution is 0.0778. The molecule has 0 aromatic heterocycles. The number of halogens is 1. The van der Waals surface area contributed by atoms with E-state index in [-0.39, 0.29) is 28.3 Å². The van der Waals surface area contributed by atoms with Gasteiger partial charge in [0.25, 0.3) is 5.91 Å². The molecule has 0 spiro atoms. The first-order valence-corrected chi connectivity index (χ1v) is 5.79. The van der Waals surface area contributed by atoms with Crippen LogP contribution in [0.3, 0.4) is 0 Å². The van der Waals surface area contributed by atoms with Crippen LogP contribution in [-0.2, 0) is 4.74 Å². The highest BCUT2D eigenvalue weighted by Gasteiger charge is 2.18. The fourth-order valence-electron chi connectivity index (χ4n) is 1.52. The predicted molar refractivity (Wildman–Crippen MR) is 68.2 cm³/mol. The van der Waals surface area contributed by atoms with Crippen LogP contribution in [-0.4, -0.2) is 53.7 Å². The van der Waals surface area contributed by atoms with Crippen molar-refractivity contribution in [2.24, 2.45) is 0 Å². The molecule has 0 radical (unpaired) electrons. The molecule has 1 rings (SSSR count). The SMILES string of the molecule is COCC(Cl)CN(C)C(=O)c1ccc(O)cc1O. The largest absolute Gasteiger partial charge is 0.508 e. The Morgan fingerprint density at radius 2 is 2.17 bits per heavy atom. The third-order valence-electron chi connectivity index (χ3n) is 2.38. The first-order chi connectivity index (χ1) is 8.45. The van der Waals surface area contributed by atoms with Crippen LogP contribution < -0.4 is 0 Å². The fraction of sp³-hybridized carbons (Fsp3) is 0.417. The van der Waals surface area contributed by atoms with Crippen LogP contribution in [0.2, 0.25) is 0 Å². The van der Waals surface area contributed by atoms with E-state index in [1.54, 1.807) is 7.05 Å². The van der Waals surface area contributed by atoms with Crippen molar-refractivity contribution in [2.45, 2.75) is 5.38 Å². The summed E-state index contributed by atoms with van der Waals surface area (Å²) in [5, 5.41) is 18.4. The van der Waals surface area contributed by atoms with E-state index in [2.05, 4.69) is 0 Å². The van der Waals surface area contributed by atoms with Crippen LogP contribution in [0.15, 0.2) is 18.2 Å². The number of phenolic OH excluding ortho intramolecular Hbond substituents is 2. The first-order valence-electron chi connectivity index (χ1n) is 5.36. The summed E-state index contributed by atoms with van der Waals surface area (Å²) in [6, 6.07) is 3.82. The summed E-state index contributed by atoms with van der Waals surface area (Å²) in [6.07, 6.45) is 0. The molecule has 1 unspecified atom stereocenters. The number of aromatic hydroxyl groups is 2. The Kier molecular flexibility index (Phi) is 5.25. The van der Waals surface area contributed by atoms with Crippen molar-refractivity contribution >= 4 is 17.5 Å². The summed E-state index contributed by atoms with van der Waals surface area (Å²) < 4.78 is 4.88. The second-order valence-corrected chi connectivity index (χ2v) is 4.56. The van der Waals surface area contributed by atoms with Crippen LogP contribution in [0.1, 0.15) is 10.4 Å². The van der Waals surface area contributed by atoms with Gasteiger partial charge in [-0.05, 0) is 12.1 Å². The number of rotatable bonds is 5. The molecular formula is C12H16ClNO4. The topological polar surface area (TPSA) is 70.0 Å². The van der Waals surface area contributed by atoms with Gasteiger partial charge in [-0.3, -0.25) is 4.79 Å². The van der Waals surface area contributed by atoms with Gasteiger partial charge in [0, 0.05) is 26.8 Å². The van der Waals surface area contributed by atoms with Gasteiger partial charge in [-0.15, -0.1) is 11.6 Å². The maximum Gasteiger partial charge on any atom is 0.257 e. The number of carbonyl (C=O) groups excluding carboxylic acids is 1. The molecule has 1 atom stereocenters. The second kappa shape index (κ2) is 6.47. The summed E-state index contributed by atoms with van der Waals surface area (Å²) in [7, 11) is 3.11. The van der Waals surface area contributed by atoms with Crippen LogP contribution in [0, 0.1) is 0 Å². The third kappa shape index (κ3) is 3.78. The molecule has 5 nitrogen and oxygen atoms in total. The van der Waals surface area contributed by atoms with Gasteiger partial charge in [0.05, 0.1) is 17.5 Å². The highest BCUT2D eigenvalue weighted by molar-refractivity contribution is 6.21. The molecule has 2 N–H and O–H groups in total. The zero-order chi connectivity index (χ0) is 13.7. The Hall–Kier alpha value is -1.46. The molecule has 0 heterocycles. The lowest BCUT2D eigenvalue weighted by Crippen LogP contribution is -2.33. The molecule has 0 fully saturated rings. The minimum atomic E-state index is -0.366. The van der Waals surface area contributed by atoms with Crippen molar-refractivity contribution in [3.05, 3.63) is 23.8 Å². The van der Waals surface area contributed by atoms with Gasteiger partial charge in [-0.2, -0.15) is 0 Å². The number of ether oxygens (including phenoxy) is 1. The zero-order valence-corrected chi connectivity index (χ0v) is 11.0. The van der Waals surface area contributed by atoms with Crippen LogP contribution >= 0.6 is 11.6 Å². The standard InChI is InChI=1S/C12H16ClNO4/c1-14(6-8(13)7-18-2)12(17)10-4-3-9(15)5-11(10)16/h3-5,8,15-16H,6-7H2,1-2H3. The number of methoxy groups -OCH3 is 1. The van der Waals surface area contributed by atoms with E-state index in [0.29, 0.717) is 13.2 Å². The average molecular weight is 274 g/mol. The Labute approximate surface area is 111 Å². The summed E-state index contributed by atoms with van der Waals surface area (Å²) in [6.45, 7) is 0.634. The minimum Gasteiger partial charge on any atom is -0.508 e. The number of hydrogen-bond donors (Lipinski definition) is 2. The molecule has 0 saturated heterocycles. The van der Waals surface area contributed by atoms with Gasteiger partial charge in [0.1, 0.15) is 11.5 Å². The van der Waals surface area contributed by atoms with Gasteiger partial charge < -0.3 is 19.8 Å². The van der Waals surface area contributed by atoms with Gasteiger partial charge >= 0.3 is 0 Å². The van der Waals surface area contributed by atoms with Crippen molar-refractivity contribution in [1.82, 2.24) is 4.90 Å². The second-order valence-electron chi connectivity index (χ2n) is 3.94. The van der Waals surface area contributed by atoms with Crippen molar-refractivity contribution < 1.29 is 19.7 Å². The monoisotopic (exact) mass is 273 g/mol. The number of amides is 1. The number of phenols is 2. The number of benzene rings is 1. The molecule has 18 heavy (non-hydrogen) atoms. The third-order valence-corrected chi connectivity index (χ3v) is 2.64. The van der Waals surface area contributed by atoms with E-state index >= 15 is 0 Å². The quantitative estimate of drug-likeness (QED) is 0.796. The van der Waals surface area contributed by atoms with E-state index in [0.717, 1.165) is 6.07 Å². The molecule has 6 heteroatoms. The van der Waals surface area contributed by atoms with Crippen molar-refractivity contribution in [3.8, 4) is 11.5 Å². The minimum absolute atomic E-state index is 0.0960. The van der Waals surface area contributed by atoms with Gasteiger partial charge in [0.2, 0.25) is 0 Å². The zero-order valence-electron chi connectivity index (χ0n) is 10.3. The molecule has 1 aromatic rings. The normalized spacial score (nSPS) is 12.2. The molecule has 100 valence electrons. The first kappa shape index (κ1) is 14.6. The van der Waals surface area contributed by atoms with Gasteiger partial charge in [-0.1, -0.05) is 0 Å². The molecule has 0 saturated carbocycles. The Morgan fingerprint density at radius 3 is 2.72 bits per heavy atom. The van der Waals surface area contributed by atoms with Crippen molar-refractivity contribution in [2.75, 3.05) is 27.3 Å². The van der Waals surface area contributed by atoms with Crippen LogP contribution in [0.25, 0.3) is 0 Å². The van der Waals surface area contributed by atoms with E-state index in [4.69, 9.17) is 21.4 Å². The molecule has 0 aliphatic carbocycles. The predicted octanol–water partition coefficient (Wildman–Crippen LogP) is 1.42. The molecule has 0 aliphatic heterocycles. The summed E-state index contributed by atoms with van der Waals surface area (Å²) in [5.74, 6) is -0.722. The molecule has 1 amide bonds. The number of hydrogen-bond acceptors (Lipinski definition) is 4. The van der Waals surface area contributed by atoms with Crippen molar-refractivity contribution in [1.29, 1.82) is 0 Å². The molecule has 0 bridgehead atoms. The Bertz CT molecular complexity index is 425. The van der Waals surface area contributed by atoms with E-state index in [1.807, 2.05) is 0 Å². The molecule has 0 aliphatic rings. The van der Waals surface area contributed by atoms with E-state index < -0.39 is 0 Å². The lowest BCUT2D eigenvalue weighted by Gasteiger charge is -2.20. The Balaban J connectivity index is 2.74. The Morgan fingerprint density at radius 1 is 1.50 bits per heavy atom. The van der Waals surface area contributed by atoms with E-state index in [1.165, 1.54) is 24.1 Å². The summed E-state index contributed by atoms with van der Waals surface area (Å²) in [5.41, 5.74) is 0.122. The van der Waals surface area contributed by atoms with E-state index in [9.17, 15) is 9.90 Å². The fourth-order valence-corrected chi connectivity index (χ4v) is 1.85. The number of carbonyl (C=O) groups is 1. The number of nitrogens with zero attached hydrogens (tertiary/aromatic N) is 1. The molecular weight excluding hydrogens is 258 g/mol. The van der Waals surface area contributed by atoms with Crippen LogP contribution in [0.4, 0.5) is 0 Å². The summed E-state index contributed by atoms with van der Waals surface area (Å²) >= 11 is 5.95. The molecule has 1 aromatic carbocycles. The van der Waals surface area contributed by atoms with Crippen molar-refractivity contribution in [3.63, 3.8) is 0 Å². The maximum absolute atomic E-state index is 12.0. The smallest absolute Gasteiger partial charge is 0.257 e. The highest BCUT2D eigenvalue weighted by atomic mass is 35.5. The maximum atomic E-state index is 12.0.